The molecule has 0 saturated heterocycles. The van der Waals surface area contributed by atoms with Gasteiger partial charge >= 0.3 is 5.97 Å². The number of hydrogen-bond donors (Lipinski definition) is 2. The summed E-state index contributed by atoms with van der Waals surface area (Å²) in [5.74, 6) is -0.970. The van der Waals surface area contributed by atoms with Crippen LogP contribution in [-0.4, -0.2) is 50.1 Å². The summed E-state index contributed by atoms with van der Waals surface area (Å²) >= 11 is 5.77. The molecule has 1 heterocycles. The first-order valence-corrected chi connectivity index (χ1v) is 8.38. The average molecular weight is 408 g/mol. The Bertz CT molecular complexity index is 874. The van der Waals surface area contributed by atoms with Gasteiger partial charge in [0.1, 0.15) is 12.2 Å². The minimum absolute atomic E-state index is 0.0616. The number of anilines is 1. The average Bonchev–Trinajstić information content (AvgIpc) is 2.70. The molecule has 2 amide bonds. The molecule has 0 aliphatic carbocycles. The fourth-order valence-electron chi connectivity index (χ4n) is 2.08. The van der Waals surface area contributed by atoms with Crippen LogP contribution < -0.4 is 20.1 Å². The number of nitrogens with one attached hydrogen (secondary N) is 2. The molecule has 0 aliphatic rings. The van der Waals surface area contributed by atoms with E-state index in [4.69, 9.17) is 25.8 Å². The van der Waals surface area contributed by atoms with Gasteiger partial charge in [0, 0.05) is 23.0 Å². The number of aromatic nitrogens is 1. The molecule has 0 bridgehead atoms. The van der Waals surface area contributed by atoms with E-state index in [1.54, 1.807) is 18.2 Å². The fraction of sp³-hybridized carbons (Fsp3) is 0.222. The molecular weight excluding hydrogens is 390 g/mol. The zero-order valence-electron chi connectivity index (χ0n) is 15.2. The summed E-state index contributed by atoms with van der Waals surface area (Å²) < 4.78 is 15.1. The van der Waals surface area contributed by atoms with Crippen molar-refractivity contribution in [2.75, 3.05) is 32.7 Å². The Kier molecular flexibility index (Phi) is 7.58. The number of methoxy groups -OCH3 is 2. The molecular formula is C18H18ClN3O6. The third kappa shape index (κ3) is 6.13. The summed E-state index contributed by atoms with van der Waals surface area (Å²) in [6.07, 6.45) is 1.37. The summed E-state index contributed by atoms with van der Waals surface area (Å²) in [5, 5.41) is 5.23. The molecule has 10 heteroatoms. The van der Waals surface area contributed by atoms with Gasteiger partial charge in [0.2, 0.25) is 0 Å². The van der Waals surface area contributed by atoms with Gasteiger partial charge in [-0.1, -0.05) is 11.6 Å². The Morgan fingerprint density at radius 1 is 1.07 bits per heavy atom. The van der Waals surface area contributed by atoms with Crippen molar-refractivity contribution >= 4 is 35.1 Å². The summed E-state index contributed by atoms with van der Waals surface area (Å²) in [6.45, 7) is -0.935. The van der Waals surface area contributed by atoms with Crippen molar-refractivity contribution < 1.29 is 28.6 Å². The van der Waals surface area contributed by atoms with Gasteiger partial charge in [-0.2, -0.15) is 0 Å². The molecule has 148 valence electrons. The maximum Gasteiger partial charge on any atom is 0.325 e. The van der Waals surface area contributed by atoms with Crippen LogP contribution in [0, 0.1) is 0 Å². The lowest BCUT2D eigenvalue weighted by Gasteiger charge is -2.11. The lowest BCUT2D eigenvalue weighted by molar-refractivity contribution is -0.146. The highest BCUT2D eigenvalue weighted by atomic mass is 35.5. The molecule has 0 radical (unpaired) electrons. The van der Waals surface area contributed by atoms with E-state index >= 15 is 0 Å². The normalized spacial score (nSPS) is 9.96. The van der Waals surface area contributed by atoms with Crippen LogP contribution >= 0.6 is 11.6 Å². The maximum atomic E-state index is 11.9. The lowest BCUT2D eigenvalue weighted by atomic mass is 10.2. The summed E-state index contributed by atoms with van der Waals surface area (Å²) in [7, 11) is 2.97. The molecule has 2 aromatic rings. The van der Waals surface area contributed by atoms with Gasteiger partial charge in [-0.3, -0.25) is 19.4 Å². The van der Waals surface area contributed by atoms with Gasteiger partial charge in [0.15, 0.2) is 18.1 Å². The Morgan fingerprint density at radius 3 is 2.50 bits per heavy atom. The molecule has 1 aromatic carbocycles. The molecule has 1 aromatic heterocycles. The van der Waals surface area contributed by atoms with E-state index in [1.165, 1.54) is 32.5 Å². The number of ether oxygens (including phenoxy) is 3. The van der Waals surface area contributed by atoms with E-state index < -0.39 is 30.9 Å². The molecule has 0 saturated carbocycles. The van der Waals surface area contributed by atoms with E-state index in [0.717, 1.165) is 0 Å². The molecule has 28 heavy (non-hydrogen) atoms. The number of benzene rings is 1. The number of carbonyl (C=O) groups excluding carboxylic acids is 3. The van der Waals surface area contributed by atoms with Crippen LogP contribution in [0.5, 0.6) is 11.5 Å². The second kappa shape index (κ2) is 10.1. The number of pyridine rings is 1. The Balaban J connectivity index is 1.78. The Morgan fingerprint density at radius 2 is 1.82 bits per heavy atom. The van der Waals surface area contributed by atoms with Crippen molar-refractivity contribution in [3.63, 3.8) is 0 Å². The molecule has 0 atom stereocenters. The van der Waals surface area contributed by atoms with Crippen LogP contribution in [0.1, 0.15) is 10.5 Å². The number of rotatable bonds is 8. The molecule has 2 rings (SSSR count). The van der Waals surface area contributed by atoms with Crippen LogP contribution in [0.4, 0.5) is 5.69 Å². The lowest BCUT2D eigenvalue weighted by Crippen LogP contribution is -2.32. The van der Waals surface area contributed by atoms with E-state index in [2.05, 4.69) is 15.6 Å². The van der Waals surface area contributed by atoms with Gasteiger partial charge < -0.3 is 24.8 Å². The summed E-state index contributed by atoms with van der Waals surface area (Å²) in [4.78, 5) is 39.3. The van der Waals surface area contributed by atoms with Crippen LogP contribution in [0.2, 0.25) is 5.02 Å². The van der Waals surface area contributed by atoms with Crippen molar-refractivity contribution in [2.24, 2.45) is 0 Å². The quantitative estimate of drug-likeness (QED) is 0.639. The number of nitrogens with zero attached hydrogens (tertiary/aromatic N) is 1. The van der Waals surface area contributed by atoms with Crippen molar-refractivity contribution in [3.8, 4) is 11.5 Å². The van der Waals surface area contributed by atoms with Gasteiger partial charge in [0.25, 0.3) is 11.8 Å². The molecule has 9 nitrogen and oxygen atoms in total. The van der Waals surface area contributed by atoms with Gasteiger partial charge in [-0.15, -0.1) is 0 Å². The molecule has 0 aliphatic heterocycles. The monoisotopic (exact) mass is 407 g/mol. The third-order valence-corrected chi connectivity index (χ3v) is 3.61. The first kappa shape index (κ1) is 21.0. The molecule has 0 unspecified atom stereocenters. The second-order valence-electron chi connectivity index (χ2n) is 5.32. The zero-order chi connectivity index (χ0) is 20.5. The van der Waals surface area contributed by atoms with E-state index in [-0.39, 0.29) is 5.69 Å². The highest BCUT2D eigenvalue weighted by molar-refractivity contribution is 6.30. The molecule has 2 N–H and O–H groups in total. The van der Waals surface area contributed by atoms with Crippen LogP contribution in [0.15, 0.2) is 36.5 Å². The van der Waals surface area contributed by atoms with Gasteiger partial charge in [-0.25, -0.2) is 0 Å². The number of hydrogen-bond acceptors (Lipinski definition) is 7. The number of carbonyl (C=O) groups is 3. The maximum absolute atomic E-state index is 11.9. The number of amides is 2. The summed E-state index contributed by atoms with van der Waals surface area (Å²) in [5.41, 5.74) is 0.505. The highest BCUT2D eigenvalue weighted by Gasteiger charge is 2.13. The zero-order valence-corrected chi connectivity index (χ0v) is 15.9. The minimum Gasteiger partial charge on any atom is -0.493 e. The Labute approximate surface area is 165 Å². The predicted molar refractivity (Wildman–Crippen MR) is 101 cm³/mol. The van der Waals surface area contributed by atoms with E-state index in [9.17, 15) is 14.4 Å². The third-order valence-electron chi connectivity index (χ3n) is 3.38. The predicted octanol–water partition coefficient (Wildman–Crippen LogP) is 1.66. The fourth-order valence-corrected chi connectivity index (χ4v) is 2.24. The van der Waals surface area contributed by atoms with Gasteiger partial charge in [-0.05, 0) is 24.3 Å². The standard InChI is InChI=1S/C18H18ClN3O6/c1-26-14-4-3-12(8-15(14)27-2)22-16(23)10-28-17(24)9-21-18(25)13-7-11(19)5-6-20-13/h3-8H,9-10H2,1-2H3,(H,21,25)(H,22,23). The SMILES string of the molecule is COc1ccc(NC(=O)COC(=O)CNC(=O)c2cc(Cl)ccn2)cc1OC. The number of halogens is 1. The highest BCUT2D eigenvalue weighted by Crippen LogP contribution is 2.29. The van der Waals surface area contributed by atoms with Crippen LogP contribution in [0.3, 0.4) is 0 Å². The van der Waals surface area contributed by atoms with Crippen molar-refractivity contribution in [3.05, 3.63) is 47.2 Å². The largest absolute Gasteiger partial charge is 0.493 e. The van der Waals surface area contributed by atoms with Crippen molar-refractivity contribution in [2.45, 2.75) is 0 Å². The number of esters is 1. The first-order chi connectivity index (χ1) is 13.4. The Hall–Kier alpha value is -3.33. The molecule has 0 spiro atoms. The van der Waals surface area contributed by atoms with Crippen molar-refractivity contribution in [1.82, 2.24) is 10.3 Å². The van der Waals surface area contributed by atoms with Crippen LogP contribution in [0.25, 0.3) is 0 Å². The first-order valence-electron chi connectivity index (χ1n) is 8.00. The van der Waals surface area contributed by atoms with E-state index in [0.29, 0.717) is 22.2 Å². The van der Waals surface area contributed by atoms with Crippen molar-refractivity contribution in [1.29, 1.82) is 0 Å². The van der Waals surface area contributed by atoms with Crippen LogP contribution in [-0.2, 0) is 14.3 Å². The minimum atomic E-state index is -0.780. The summed E-state index contributed by atoms with van der Waals surface area (Å²) in [6, 6.07) is 7.68. The molecule has 0 fully saturated rings. The smallest absolute Gasteiger partial charge is 0.325 e. The van der Waals surface area contributed by atoms with Gasteiger partial charge in [0.05, 0.1) is 14.2 Å². The van der Waals surface area contributed by atoms with E-state index in [1.807, 2.05) is 0 Å². The topological polar surface area (TPSA) is 116 Å². The second-order valence-corrected chi connectivity index (χ2v) is 5.76.